The number of hydrazone groups is 1. The summed E-state index contributed by atoms with van der Waals surface area (Å²) in [6.45, 7) is 0. The fourth-order valence-corrected chi connectivity index (χ4v) is 1.95. The highest BCUT2D eigenvalue weighted by molar-refractivity contribution is 6.31. The molecule has 90 valence electrons. The van der Waals surface area contributed by atoms with E-state index in [-0.39, 0.29) is 11.3 Å². The van der Waals surface area contributed by atoms with Gasteiger partial charge in [-0.05, 0) is 43.9 Å². The van der Waals surface area contributed by atoms with E-state index in [0.717, 1.165) is 31.4 Å². The van der Waals surface area contributed by atoms with Gasteiger partial charge in [0.2, 0.25) is 0 Å². The van der Waals surface area contributed by atoms with Crippen molar-refractivity contribution < 1.29 is 9.90 Å². The van der Waals surface area contributed by atoms with Crippen molar-refractivity contribution in [2.24, 2.45) is 5.10 Å². The summed E-state index contributed by atoms with van der Waals surface area (Å²) in [6, 6.07) is 4.33. The molecule has 0 radical (unpaired) electrons. The molecule has 4 nitrogen and oxygen atoms in total. The largest absolute Gasteiger partial charge is 0.507 e. The average molecular weight is 253 g/mol. The van der Waals surface area contributed by atoms with E-state index >= 15 is 0 Å². The van der Waals surface area contributed by atoms with E-state index in [9.17, 15) is 9.90 Å². The van der Waals surface area contributed by atoms with E-state index in [0.29, 0.717) is 5.02 Å². The summed E-state index contributed by atoms with van der Waals surface area (Å²) in [6.07, 6.45) is 4.11. The molecule has 5 heteroatoms. The molecular formula is C12H13ClN2O2. The molecule has 1 aliphatic rings. The topological polar surface area (TPSA) is 61.7 Å². The quantitative estimate of drug-likeness (QED) is 0.795. The third-order valence-electron chi connectivity index (χ3n) is 2.70. The number of amides is 1. The SMILES string of the molecule is O=C(NN=C1CCCC1)c1cc(Cl)ccc1O. The van der Waals surface area contributed by atoms with E-state index in [1.807, 2.05) is 0 Å². The number of halogens is 1. The van der Waals surface area contributed by atoms with Crippen LogP contribution >= 0.6 is 11.6 Å². The first-order valence-corrected chi connectivity index (χ1v) is 5.89. The maximum Gasteiger partial charge on any atom is 0.275 e. The Morgan fingerprint density at radius 1 is 1.35 bits per heavy atom. The van der Waals surface area contributed by atoms with Gasteiger partial charge in [-0.25, -0.2) is 5.43 Å². The van der Waals surface area contributed by atoms with E-state index < -0.39 is 5.91 Å². The van der Waals surface area contributed by atoms with Crippen LogP contribution in [0, 0.1) is 0 Å². The predicted octanol–water partition coefficient (Wildman–Crippen LogP) is 2.71. The summed E-state index contributed by atoms with van der Waals surface area (Å²) in [4.78, 5) is 11.7. The van der Waals surface area contributed by atoms with Crippen LogP contribution in [0.4, 0.5) is 0 Å². The van der Waals surface area contributed by atoms with Crippen molar-refractivity contribution in [1.29, 1.82) is 0 Å². The maximum atomic E-state index is 11.7. The van der Waals surface area contributed by atoms with Crippen LogP contribution in [0.1, 0.15) is 36.0 Å². The lowest BCUT2D eigenvalue weighted by molar-refractivity contribution is 0.0952. The Morgan fingerprint density at radius 2 is 2.06 bits per heavy atom. The van der Waals surface area contributed by atoms with Crippen LogP contribution in [0.25, 0.3) is 0 Å². The summed E-state index contributed by atoms with van der Waals surface area (Å²) in [5.41, 5.74) is 3.58. The fourth-order valence-electron chi connectivity index (χ4n) is 1.78. The normalized spacial score (nSPS) is 14.8. The van der Waals surface area contributed by atoms with Crippen LogP contribution in [0.5, 0.6) is 5.75 Å². The molecule has 0 spiro atoms. The van der Waals surface area contributed by atoms with Gasteiger partial charge in [0.1, 0.15) is 5.75 Å². The number of phenolic OH excluding ortho intramolecular Hbond substituents is 1. The zero-order valence-corrected chi connectivity index (χ0v) is 10.00. The van der Waals surface area contributed by atoms with Crippen LogP contribution in [0.15, 0.2) is 23.3 Å². The molecule has 1 saturated carbocycles. The smallest absolute Gasteiger partial charge is 0.275 e. The molecular weight excluding hydrogens is 240 g/mol. The minimum Gasteiger partial charge on any atom is -0.507 e. The summed E-state index contributed by atoms with van der Waals surface area (Å²) >= 11 is 5.76. The van der Waals surface area contributed by atoms with Crippen LogP contribution < -0.4 is 5.43 Å². The van der Waals surface area contributed by atoms with Gasteiger partial charge in [-0.2, -0.15) is 5.10 Å². The number of benzene rings is 1. The van der Waals surface area contributed by atoms with E-state index in [1.54, 1.807) is 0 Å². The molecule has 0 bridgehead atoms. The highest BCUT2D eigenvalue weighted by Gasteiger charge is 2.12. The molecule has 0 heterocycles. The lowest BCUT2D eigenvalue weighted by Gasteiger charge is -2.04. The Hall–Kier alpha value is -1.55. The number of nitrogens with one attached hydrogen (secondary N) is 1. The molecule has 0 atom stereocenters. The number of rotatable bonds is 2. The van der Waals surface area contributed by atoms with Crippen LogP contribution in [-0.4, -0.2) is 16.7 Å². The van der Waals surface area contributed by atoms with Crippen molar-refractivity contribution in [2.75, 3.05) is 0 Å². The molecule has 1 fully saturated rings. The van der Waals surface area contributed by atoms with Gasteiger partial charge in [0.25, 0.3) is 5.91 Å². The molecule has 1 aromatic carbocycles. The van der Waals surface area contributed by atoms with Gasteiger partial charge in [-0.3, -0.25) is 4.79 Å². The average Bonchev–Trinajstić information content (AvgIpc) is 2.82. The summed E-state index contributed by atoms with van der Waals surface area (Å²) < 4.78 is 0. The second kappa shape index (κ2) is 5.19. The lowest BCUT2D eigenvalue weighted by atomic mass is 10.2. The highest BCUT2D eigenvalue weighted by Crippen LogP contribution is 2.21. The minimum atomic E-state index is -0.440. The number of phenols is 1. The second-order valence-electron chi connectivity index (χ2n) is 3.99. The number of carbonyl (C=O) groups excluding carboxylic acids is 1. The first kappa shape index (κ1) is 11.9. The fraction of sp³-hybridized carbons (Fsp3) is 0.333. The van der Waals surface area contributed by atoms with Crippen molar-refractivity contribution in [2.45, 2.75) is 25.7 Å². The molecule has 2 N–H and O–H groups in total. The zero-order chi connectivity index (χ0) is 12.3. The number of hydrogen-bond donors (Lipinski definition) is 2. The molecule has 0 saturated heterocycles. The number of aromatic hydroxyl groups is 1. The molecule has 17 heavy (non-hydrogen) atoms. The van der Waals surface area contributed by atoms with Gasteiger partial charge in [-0.1, -0.05) is 11.6 Å². The molecule has 1 amide bonds. The van der Waals surface area contributed by atoms with Gasteiger partial charge in [-0.15, -0.1) is 0 Å². The molecule has 0 aromatic heterocycles. The molecule has 1 aliphatic carbocycles. The monoisotopic (exact) mass is 252 g/mol. The van der Waals surface area contributed by atoms with Crippen LogP contribution in [-0.2, 0) is 0 Å². The van der Waals surface area contributed by atoms with Crippen molar-refractivity contribution in [3.8, 4) is 5.75 Å². The van der Waals surface area contributed by atoms with Crippen molar-refractivity contribution in [3.05, 3.63) is 28.8 Å². The van der Waals surface area contributed by atoms with Crippen molar-refractivity contribution in [1.82, 2.24) is 5.43 Å². The number of hydrogen-bond acceptors (Lipinski definition) is 3. The lowest BCUT2D eigenvalue weighted by Crippen LogP contribution is -2.19. The zero-order valence-electron chi connectivity index (χ0n) is 9.24. The maximum absolute atomic E-state index is 11.7. The summed E-state index contributed by atoms with van der Waals surface area (Å²) in [7, 11) is 0. The Morgan fingerprint density at radius 3 is 2.76 bits per heavy atom. The van der Waals surface area contributed by atoms with Gasteiger partial charge < -0.3 is 5.11 Å². The first-order chi connectivity index (χ1) is 8.16. The third-order valence-corrected chi connectivity index (χ3v) is 2.93. The van der Waals surface area contributed by atoms with Gasteiger partial charge in [0, 0.05) is 10.7 Å². The molecule has 1 aromatic rings. The first-order valence-electron chi connectivity index (χ1n) is 5.51. The minimum absolute atomic E-state index is 0.0986. The molecule has 2 rings (SSSR count). The van der Waals surface area contributed by atoms with E-state index in [4.69, 9.17) is 11.6 Å². The molecule has 0 unspecified atom stereocenters. The van der Waals surface area contributed by atoms with E-state index in [1.165, 1.54) is 18.2 Å². The standard InChI is InChI=1S/C12H13ClN2O2/c13-8-5-6-11(16)10(7-8)12(17)15-14-9-3-1-2-4-9/h5-7,16H,1-4H2,(H,15,17). The van der Waals surface area contributed by atoms with Gasteiger partial charge in [0.15, 0.2) is 0 Å². The Kier molecular flexibility index (Phi) is 3.64. The Bertz CT molecular complexity index is 464. The van der Waals surface area contributed by atoms with Crippen molar-refractivity contribution >= 4 is 23.2 Å². The predicted molar refractivity (Wildman–Crippen MR) is 66.5 cm³/mol. The highest BCUT2D eigenvalue weighted by atomic mass is 35.5. The van der Waals surface area contributed by atoms with E-state index in [2.05, 4.69) is 10.5 Å². The second-order valence-corrected chi connectivity index (χ2v) is 4.42. The van der Waals surface area contributed by atoms with Crippen LogP contribution in [0.3, 0.4) is 0 Å². The number of nitrogens with zero attached hydrogens (tertiary/aromatic N) is 1. The van der Waals surface area contributed by atoms with Crippen molar-refractivity contribution in [3.63, 3.8) is 0 Å². The summed E-state index contributed by atoms with van der Waals surface area (Å²) in [5, 5.41) is 14.0. The van der Waals surface area contributed by atoms with Gasteiger partial charge >= 0.3 is 0 Å². The Balaban J connectivity index is 2.09. The van der Waals surface area contributed by atoms with Crippen LogP contribution in [0.2, 0.25) is 5.02 Å². The van der Waals surface area contributed by atoms with Gasteiger partial charge in [0.05, 0.1) is 5.56 Å². The third kappa shape index (κ3) is 2.97. The summed E-state index contributed by atoms with van der Waals surface area (Å²) in [5.74, 6) is -0.539. The number of carbonyl (C=O) groups is 1. The molecule has 0 aliphatic heterocycles. The Labute approximate surface area is 104 Å².